The second-order valence-electron chi connectivity index (χ2n) is 9.84. The number of benzene rings is 2. The lowest BCUT2D eigenvalue weighted by molar-refractivity contribution is 0.0960. The van der Waals surface area contributed by atoms with Crippen LogP contribution in [0.25, 0.3) is 11.0 Å². The van der Waals surface area contributed by atoms with Gasteiger partial charge in [0.2, 0.25) is 10.0 Å². The molecule has 0 amide bonds. The van der Waals surface area contributed by atoms with E-state index in [1.165, 1.54) is 0 Å². The molecule has 37 heavy (non-hydrogen) atoms. The zero-order chi connectivity index (χ0) is 26.0. The van der Waals surface area contributed by atoms with E-state index in [2.05, 4.69) is 11.5 Å². The molecule has 0 bridgehead atoms. The van der Waals surface area contributed by atoms with E-state index in [0.717, 1.165) is 48.5 Å². The highest BCUT2D eigenvalue weighted by molar-refractivity contribution is 7.98. The molecule has 0 radical (unpaired) electrons. The summed E-state index contributed by atoms with van der Waals surface area (Å²) in [7, 11) is -0.289. The summed E-state index contributed by atoms with van der Waals surface area (Å²) in [6.45, 7) is 4.71. The van der Waals surface area contributed by atoms with E-state index in [0.29, 0.717) is 53.2 Å². The highest BCUT2D eigenvalue weighted by atomic mass is 32.2. The van der Waals surface area contributed by atoms with Gasteiger partial charge in [-0.3, -0.25) is 0 Å². The van der Waals surface area contributed by atoms with Crippen LogP contribution in [-0.2, 0) is 27.1 Å². The molecular formula is C27H35N3O5S2. The number of para-hydroxylation sites is 1. The first-order chi connectivity index (χ1) is 17.9. The first-order valence-corrected chi connectivity index (χ1v) is 15.3. The van der Waals surface area contributed by atoms with Gasteiger partial charge in [-0.1, -0.05) is 30.8 Å². The SMILES string of the molecule is COc1cccc(CSc2nc3cc(S(=O)(=O)N4CCC[C@@H](C)C4)ccc3n2C[C@@H]2CCCO2)c1OC. The number of fused-ring (bicyclic) bond motifs is 1. The number of rotatable bonds is 9. The van der Waals surface area contributed by atoms with E-state index in [4.69, 9.17) is 19.2 Å². The molecule has 2 aliphatic heterocycles. The molecule has 2 aromatic carbocycles. The van der Waals surface area contributed by atoms with Gasteiger partial charge in [-0.2, -0.15) is 4.31 Å². The van der Waals surface area contributed by atoms with Crippen molar-refractivity contribution in [2.45, 2.75) is 61.1 Å². The van der Waals surface area contributed by atoms with E-state index in [9.17, 15) is 8.42 Å². The maximum absolute atomic E-state index is 13.4. The number of sulfonamides is 1. The number of ether oxygens (including phenoxy) is 3. The molecule has 2 saturated heterocycles. The third-order valence-electron chi connectivity index (χ3n) is 7.19. The van der Waals surface area contributed by atoms with Crippen molar-refractivity contribution in [2.75, 3.05) is 33.9 Å². The molecule has 2 aliphatic rings. The van der Waals surface area contributed by atoms with Crippen LogP contribution in [0.1, 0.15) is 38.2 Å². The summed E-state index contributed by atoms with van der Waals surface area (Å²) in [6.07, 6.45) is 4.15. The van der Waals surface area contributed by atoms with E-state index in [1.54, 1.807) is 42.4 Å². The minimum Gasteiger partial charge on any atom is -0.493 e. The maximum atomic E-state index is 13.4. The van der Waals surface area contributed by atoms with E-state index in [-0.39, 0.29) is 6.10 Å². The molecule has 10 heteroatoms. The smallest absolute Gasteiger partial charge is 0.243 e. The number of hydrogen-bond donors (Lipinski definition) is 0. The zero-order valence-corrected chi connectivity index (χ0v) is 23.3. The molecule has 2 fully saturated rings. The maximum Gasteiger partial charge on any atom is 0.243 e. The van der Waals surface area contributed by atoms with Gasteiger partial charge in [-0.05, 0) is 55.9 Å². The first kappa shape index (κ1) is 26.3. The van der Waals surface area contributed by atoms with Crippen LogP contribution in [0, 0.1) is 5.92 Å². The van der Waals surface area contributed by atoms with Crippen molar-refractivity contribution in [2.24, 2.45) is 5.92 Å². The van der Waals surface area contributed by atoms with Gasteiger partial charge in [-0.25, -0.2) is 13.4 Å². The Morgan fingerprint density at radius 3 is 2.73 bits per heavy atom. The number of aromatic nitrogens is 2. The Bertz CT molecular complexity index is 1350. The number of methoxy groups -OCH3 is 2. The van der Waals surface area contributed by atoms with Gasteiger partial charge in [0.1, 0.15) is 0 Å². The van der Waals surface area contributed by atoms with Crippen molar-refractivity contribution in [3.05, 3.63) is 42.0 Å². The van der Waals surface area contributed by atoms with Gasteiger partial charge in [0.25, 0.3) is 0 Å². The molecule has 0 spiro atoms. The minimum atomic E-state index is -3.56. The fourth-order valence-electron chi connectivity index (χ4n) is 5.25. The van der Waals surface area contributed by atoms with Crippen molar-refractivity contribution >= 4 is 32.8 Å². The van der Waals surface area contributed by atoms with Crippen LogP contribution < -0.4 is 9.47 Å². The van der Waals surface area contributed by atoms with Crippen molar-refractivity contribution in [3.8, 4) is 11.5 Å². The van der Waals surface area contributed by atoms with E-state index < -0.39 is 10.0 Å². The van der Waals surface area contributed by atoms with Gasteiger partial charge >= 0.3 is 0 Å². The molecule has 0 saturated carbocycles. The Labute approximate surface area is 223 Å². The second kappa shape index (κ2) is 11.2. The summed E-state index contributed by atoms with van der Waals surface area (Å²) >= 11 is 1.60. The largest absolute Gasteiger partial charge is 0.493 e. The van der Waals surface area contributed by atoms with Crippen LogP contribution in [0.2, 0.25) is 0 Å². The summed E-state index contributed by atoms with van der Waals surface area (Å²) < 4.78 is 47.7. The lowest BCUT2D eigenvalue weighted by Crippen LogP contribution is -2.39. The fraction of sp³-hybridized carbons (Fsp3) is 0.519. The molecule has 2 atom stereocenters. The highest BCUT2D eigenvalue weighted by Crippen LogP contribution is 2.36. The fourth-order valence-corrected chi connectivity index (χ4v) is 7.87. The number of piperidine rings is 1. The molecule has 0 aliphatic carbocycles. The van der Waals surface area contributed by atoms with Crippen LogP contribution in [-0.4, -0.2) is 62.3 Å². The van der Waals surface area contributed by atoms with Gasteiger partial charge in [0.05, 0.1) is 42.8 Å². The number of thioether (sulfide) groups is 1. The first-order valence-electron chi connectivity index (χ1n) is 12.9. The Hall–Kier alpha value is -2.27. The molecular weight excluding hydrogens is 510 g/mol. The molecule has 1 aromatic heterocycles. The zero-order valence-electron chi connectivity index (χ0n) is 21.7. The molecule has 200 valence electrons. The summed E-state index contributed by atoms with van der Waals surface area (Å²) in [6, 6.07) is 11.2. The summed E-state index contributed by atoms with van der Waals surface area (Å²) in [5.41, 5.74) is 2.61. The van der Waals surface area contributed by atoms with Gasteiger partial charge in [0, 0.05) is 31.0 Å². The number of imidazole rings is 1. The third kappa shape index (κ3) is 5.48. The Balaban J connectivity index is 1.48. The summed E-state index contributed by atoms with van der Waals surface area (Å²) in [4.78, 5) is 5.22. The van der Waals surface area contributed by atoms with E-state index >= 15 is 0 Å². The number of hydrogen-bond acceptors (Lipinski definition) is 7. The standard InChI is InChI=1S/C27H35N3O5S2/c1-19-7-5-13-29(16-19)37(31,32)22-11-12-24-23(15-22)28-27(30(24)17-21-9-6-14-35-21)36-18-20-8-4-10-25(33-2)26(20)34-3/h4,8,10-12,15,19,21H,5-7,9,13-14,16-18H2,1-3H3/t19-,21+/m1/s1. The van der Waals surface area contributed by atoms with Crippen LogP contribution in [0.15, 0.2) is 46.5 Å². The lowest BCUT2D eigenvalue weighted by atomic mass is 10.0. The molecule has 0 N–H and O–H groups in total. The summed E-state index contributed by atoms with van der Waals surface area (Å²) in [5.74, 6) is 2.40. The molecule has 3 heterocycles. The third-order valence-corrected chi connectivity index (χ3v) is 10.1. The normalized spacial score (nSPS) is 20.9. The van der Waals surface area contributed by atoms with Gasteiger partial charge < -0.3 is 18.8 Å². The quantitative estimate of drug-likeness (QED) is 0.352. The van der Waals surface area contributed by atoms with Crippen molar-refractivity contribution in [1.82, 2.24) is 13.9 Å². The predicted octanol–water partition coefficient (Wildman–Crippen LogP) is 4.95. The topological polar surface area (TPSA) is 82.9 Å². The molecule has 0 unspecified atom stereocenters. The van der Waals surface area contributed by atoms with Crippen LogP contribution in [0.3, 0.4) is 0 Å². The van der Waals surface area contributed by atoms with Crippen LogP contribution in [0.4, 0.5) is 0 Å². The molecule has 8 nitrogen and oxygen atoms in total. The predicted molar refractivity (Wildman–Crippen MR) is 145 cm³/mol. The minimum absolute atomic E-state index is 0.126. The highest BCUT2D eigenvalue weighted by Gasteiger charge is 2.29. The molecule has 3 aromatic rings. The molecule has 5 rings (SSSR count). The second-order valence-corrected chi connectivity index (χ2v) is 12.7. The van der Waals surface area contributed by atoms with Crippen LogP contribution in [0.5, 0.6) is 11.5 Å². The Morgan fingerprint density at radius 1 is 1.14 bits per heavy atom. The number of nitrogens with zero attached hydrogens (tertiary/aromatic N) is 3. The van der Waals surface area contributed by atoms with E-state index in [1.807, 2.05) is 24.3 Å². The Kier molecular flexibility index (Phi) is 7.99. The lowest BCUT2D eigenvalue weighted by Gasteiger charge is -2.30. The van der Waals surface area contributed by atoms with Gasteiger partial charge in [0.15, 0.2) is 16.7 Å². The average Bonchev–Trinajstić information content (AvgIpc) is 3.55. The van der Waals surface area contributed by atoms with Gasteiger partial charge in [-0.15, -0.1) is 0 Å². The van der Waals surface area contributed by atoms with Crippen molar-refractivity contribution in [3.63, 3.8) is 0 Å². The summed E-state index contributed by atoms with van der Waals surface area (Å²) in [5, 5.41) is 0.830. The van der Waals surface area contributed by atoms with Crippen LogP contribution >= 0.6 is 11.8 Å². The average molecular weight is 546 g/mol. The Morgan fingerprint density at radius 2 is 2.00 bits per heavy atom. The van der Waals surface area contributed by atoms with Crippen molar-refractivity contribution < 1.29 is 22.6 Å². The van der Waals surface area contributed by atoms with Crippen molar-refractivity contribution in [1.29, 1.82) is 0 Å². The monoisotopic (exact) mass is 545 g/mol.